The summed E-state index contributed by atoms with van der Waals surface area (Å²) in [4.78, 5) is 11.3. The van der Waals surface area contributed by atoms with E-state index in [9.17, 15) is 4.79 Å². The van der Waals surface area contributed by atoms with Gasteiger partial charge in [-0.05, 0) is 30.0 Å². The van der Waals surface area contributed by atoms with Crippen LogP contribution in [0.25, 0.3) is 11.1 Å². The molecule has 1 unspecified atom stereocenters. The first kappa shape index (κ1) is 15.6. The van der Waals surface area contributed by atoms with Gasteiger partial charge in [0.1, 0.15) is 0 Å². The van der Waals surface area contributed by atoms with E-state index in [1.807, 2.05) is 30.3 Å². The summed E-state index contributed by atoms with van der Waals surface area (Å²) in [5.74, 6) is -0.191. The Morgan fingerprint density at radius 2 is 1.67 bits per heavy atom. The Hall–Kier alpha value is -1.80. The van der Waals surface area contributed by atoms with E-state index in [1.54, 1.807) is 6.92 Å². The quantitative estimate of drug-likeness (QED) is 0.556. The Morgan fingerprint density at radius 3 is 2.29 bits per heavy atom. The molecule has 3 heteroatoms. The molecule has 2 aromatic rings. The normalized spacial score (nSPS) is 11.9. The largest absolute Gasteiger partial charge is 0.466 e. The average molecular weight is 303 g/mol. The van der Waals surface area contributed by atoms with Crippen molar-refractivity contribution in [3.8, 4) is 11.1 Å². The zero-order valence-electron chi connectivity index (χ0n) is 12.1. The molecule has 0 saturated heterocycles. The fraction of sp³-hybridized carbons (Fsp3) is 0.278. The van der Waals surface area contributed by atoms with Gasteiger partial charge in [0.15, 0.2) is 0 Å². The van der Waals surface area contributed by atoms with Gasteiger partial charge in [-0.1, -0.05) is 54.6 Å². The van der Waals surface area contributed by atoms with Crippen LogP contribution in [0.3, 0.4) is 0 Å². The number of esters is 1. The number of alkyl halides is 1. The van der Waals surface area contributed by atoms with Gasteiger partial charge in [0, 0.05) is 6.42 Å². The highest BCUT2D eigenvalue weighted by atomic mass is 35.5. The molecule has 1 atom stereocenters. The highest BCUT2D eigenvalue weighted by molar-refractivity contribution is 6.20. The number of carbonyl (C=O) groups is 1. The van der Waals surface area contributed by atoms with Crippen molar-refractivity contribution < 1.29 is 9.53 Å². The van der Waals surface area contributed by atoms with Gasteiger partial charge in [-0.3, -0.25) is 4.79 Å². The summed E-state index contributed by atoms with van der Waals surface area (Å²) >= 11 is 6.34. The second kappa shape index (κ2) is 7.84. The number of hydrogen-bond donors (Lipinski definition) is 0. The van der Waals surface area contributed by atoms with Gasteiger partial charge < -0.3 is 4.74 Å². The van der Waals surface area contributed by atoms with E-state index >= 15 is 0 Å². The monoisotopic (exact) mass is 302 g/mol. The smallest absolute Gasteiger partial charge is 0.305 e. The average Bonchev–Trinajstić information content (AvgIpc) is 2.54. The standard InChI is InChI=1S/C18H19ClO2/c1-2-21-18(20)13-12-17(19)16-10-8-15(9-11-16)14-6-4-3-5-7-14/h3-11,17H,2,12-13H2,1H3. The van der Waals surface area contributed by atoms with E-state index < -0.39 is 0 Å². The molecule has 21 heavy (non-hydrogen) atoms. The van der Waals surface area contributed by atoms with Crippen molar-refractivity contribution in [2.24, 2.45) is 0 Å². The maximum absolute atomic E-state index is 11.3. The van der Waals surface area contributed by atoms with Gasteiger partial charge in [-0.15, -0.1) is 11.6 Å². The van der Waals surface area contributed by atoms with Crippen LogP contribution in [-0.2, 0) is 9.53 Å². The third-order valence-corrected chi connectivity index (χ3v) is 3.76. The van der Waals surface area contributed by atoms with Gasteiger partial charge in [-0.25, -0.2) is 0 Å². The molecule has 2 rings (SSSR count). The van der Waals surface area contributed by atoms with Crippen molar-refractivity contribution in [3.63, 3.8) is 0 Å². The first-order valence-corrected chi connectivity index (χ1v) is 7.59. The molecule has 2 aromatic carbocycles. The number of hydrogen-bond acceptors (Lipinski definition) is 2. The van der Waals surface area contributed by atoms with Crippen LogP contribution in [0.5, 0.6) is 0 Å². The molecule has 0 amide bonds. The summed E-state index contributed by atoms with van der Waals surface area (Å²) in [7, 11) is 0. The van der Waals surface area contributed by atoms with Gasteiger partial charge in [0.2, 0.25) is 0 Å². The van der Waals surface area contributed by atoms with E-state index in [0.29, 0.717) is 19.4 Å². The maximum atomic E-state index is 11.3. The van der Waals surface area contributed by atoms with Crippen LogP contribution in [-0.4, -0.2) is 12.6 Å². The lowest BCUT2D eigenvalue weighted by Crippen LogP contribution is -2.05. The lowest BCUT2D eigenvalue weighted by atomic mass is 10.0. The van der Waals surface area contributed by atoms with Gasteiger partial charge in [0.05, 0.1) is 12.0 Å². The molecule has 0 saturated carbocycles. The van der Waals surface area contributed by atoms with Crippen molar-refractivity contribution in [2.45, 2.75) is 25.1 Å². The highest BCUT2D eigenvalue weighted by Gasteiger charge is 2.11. The van der Waals surface area contributed by atoms with Crippen LogP contribution >= 0.6 is 11.6 Å². The van der Waals surface area contributed by atoms with Crippen LogP contribution in [0.15, 0.2) is 54.6 Å². The molecule has 0 fully saturated rings. The minimum Gasteiger partial charge on any atom is -0.466 e. The van der Waals surface area contributed by atoms with Crippen LogP contribution < -0.4 is 0 Å². The molecule has 0 radical (unpaired) electrons. The summed E-state index contributed by atoms with van der Waals surface area (Å²) in [5, 5.41) is -0.167. The van der Waals surface area contributed by atoms with E-state index in [2.05, 4.69) is 24.3 Å². The Bertz CT molecular complexity index is 564. The Labute approximate surface area is 130 Å². The molecule has 0 N–H and O–H groups in total. The number of rotatable bonds is 6. The highest BCUT2D eigenvalue weighted by Crippen LogP contribution is 2.28. The summed E-state index contributed by atoms with van der Waals surface area (Å²) in [6.45, 7) is 2.22. The SMILES string of the molecule is CCOC(=O)CCC(Cl)c1ccc(-c2ccccc2)cc1. The molecular formula is C18H19ClO2. The Morgan fingerprint density at radius 1 is 1.05 bits per heavy atom. The van der Waals surface area contributed by atoms with Crippen LogP contribution in [0.2, 0.25) is 0 Å². The lowest BCUT2D eigenvalue weighted by molar-refractivity contribution is -0.143. The van der Waals surface area contributed by atoms with E-state index in [0.717, 1.165) is 11.1 Å². The fourth-order valence-electron chi connectivity index (χ4n) is 2.16. The zero-order valence-corrected chi connectivity index (χ0v) is 12.8. The fourth-order valence-corrected chi connectivity index (χ4v) is 2.41. The second-order valence-electron chi connectivity index (χ2n) is 4.80. The van der Waals surface area contributed by atoms with E-state index in [4.69, 9.17) is 16.3 Å². The number of halogens is 1. The number of ether oxygens (including phenoxy) is 1. The third kappa shape index (κ3) is 4.61. The topological polar surface area (TPSA) is 26.3 Å². The first-order chi connectivity index (χ1) is 10.2. The lowest BCUT2D eigenvalue weighted by Gasteiger charge is -2.10. The van der Waals surface area contributed by atoms with Crippen molar-refractivity contribution in [3.05, 3.63) is 60.2 Å². The van der Waals surface area contributed by atoms with Crippen molar-refractivity contribution in [1.82, 2.24) is 0 Å². The second-order valence-corrected chi connectivity index (χ2v) is 5.33. The molecule has 0 spiro atoms. The van der Waals surface area contributed by atoms with Crippen LogP contribution in [0.4, 0.5) is 0 Å². The molecular weight excluding hydrogens is 284 g/mol. The molecule has 0 aliphatic carbocycles. The molecule has 0 aromatic heterocycles. The van der Waals surface area contributed by atoms with Crippen LogP contribution in [0.1, 0.15) is 30.7 Å². The van der Waals surface area contributed by atoms with Gasteiger partial charge >= 0.3 is 5.97 Å². The van der Waals surface area contributed by atoms with Crippen molar-refractivity contribution in [2.75, 3.05) is 6.61 Å². The minimum atomic E-state index is -0.191. The zero-order chi connectivity index (χ0) is 15.1. The summed E-state index contributed by atoms with van der Waals surface area (Å²) < 4.78 is 4.91. The number of benzene rings is 2. The number of carbonyl (C=O) groups excluding carboxylic acids is 1. The van der Waals surface area contributed by atoms with Crippen LogP contribution in [0, 0.1) is 0 Å². The van der Waals surface area contributed by atoms with E-state index in [-0.39, 0.29) is 11.3 Å². The molecule has 0 aliphatic heterocycles. The molecule has 110 valence electrons. The minimum absolute atomic E-state index is 0.167. The first-order valence-electron chi connectivity index (χ1n) is 7.15. The Kier molecular flexibility index (Phi) is 5.82. The predicted octanol–water partition coefficient (Wildman–Crippen LogP) is 4.98. The molecule has 2 nitrogen and oxygen atoms in total. The van der Waals surface area contributed by atoms with Gasteiger partial charge in [0.25, 0.3) is 0 Å². The predicted molar refractivity (Wildman–Crippen MR) is 86.3 cm³/mol. The van der Waals surface area contributed by atoms with Crippen molar-refractivity contribution in [1.29, 1.82) is 0 Å². The molecule has 0 heterocycles. The summed E-state index contributed by atoms with van der Waals surface area (Å²) in [6.07, 6.45) is 0.938. The van der Waals surface area contributed by atoms with E-state index in [1.165, 1.54) is 5.56 Å². The molecule has 0 aliphatic rings. The van der Waals surface area contributed by atoms with Crippen molar-refractivity contribution >= 4 is 17.6 Å². The maximum Gasteiger partial charge on any atom is 0.305 e. The summed E-state index contributed by atoms with van der Waals surface area (Å²) in [6, 6.07) is 18.4. The van der Waals surface area contributed by atoms with Gasteiger partial charge in [-0.2, -0.15) is 0 Å². The third-order valence-electron chi connectivity index (χ3n) is 3.29. The molecule has 0 bridgehead atoms. The summed E-state index contributed by atoms with van der Waals surface area (Å²) in [5.41, 5.74) is 3.37. The Balaban J connectivity index is 1.97.